The van der Waals surface area contributed by atoms with Crippen LogP contribution in [0.4, 0.5) is 5.69 Å². The molecule has 116 valence electrons. The van der Waals surface area contributed by atoms with Gasteiger partial charge in [-0.25, -0.2) is 9.78 Å². The van der Waals surface area contributed by atoms with Gasteiger partial charge in [-0.05, 0) is 12.1 Å². The van der Waals surface area contributed by atoms with E-state index < -0.39 is 5.97 Å². The van der Waals surface area contributed by atoms with Gasteiger partial charge in [0, 0.05) is 10.8 Å². The molecule has 0 saturated carbocycles. The third-order valence-electron chi connectivity index (χ3n) is 3.14. The number of hydrogen-bond donors (Lipinski definition) is 2. The Kier molecular flexibility index (Phi) is 4.18. The van der Waals surface area contributed by atoms with Crippen LogP contribution in [-0.4, -0.2) is 28.0 Å². The number of H-pyrrole nitrogens is 1. The zero-order chi connectivity index (χ0) is 16.4. The quantitative estimate of drug-likeness (QED) is 0.561. The van der Waals surface area contributed by atoms with Gasteiger partial charge in [0.25, 0.3) is 5.56 Å². The first kappa shape index (κ1) is 15.3. The molecule has 0 bridgehead atoms. The highest BCUT2D eigenvalue weighted by Gasteiger charge is 2.15. The maximum absolute atomic E-state index is 12.1. The number of fused-ring (bicyclic) bond motifs is 1. The molecule has 0 unspecified atom stereocenters. The van der Waals surface area contributed by atoms with Gasteiger partial charge in [0.15, 0.2) is 5.82 Å². The van der Waals surface area contributed by atoms with Crippen molar-refractivity contribution in [3.05, 3.63) is 56.8 Å². The molecule has 0 aliphatic carbocycles. The van der Waals surface area contributed by atoms with E-state index in [0.717, 1.165) is 0 Å². The summed E-state index contributed by atoms with van der Waals surface area (Å²) in [6.07, 6.45) is 0. The Bertz CT molecular complexity index is 962. The lowest BCUT2D eigenvalue weighted by atomic mass is 10.2. The Morgan fingerprint density at radius 2 is 2.13 bits per heavy atom. The maximum atomic E-state index is 12.1. The largest absolute Gasteiger partial charge is 0.465 e. The molecular weight excluding hydrogens is 334 g/mol. The van der Waals surface area contributed by atoms with Gasteiger partial charge in [-0.15, -0.1) is 11.3 Å². The van der Waals surface area contributed by atoms with Crippen LogP contribution in [0.3, 0.4) is 0 Å². The van der Waals surface area contributed by atoms with Crippen molar-refractivity contribution in [2.75, 3.05) is 12.4 Å². The van der Waals surface area contributed by atoms with Crippen molar-refractivity contribution in [2.45, 2.75) is 0 Å². The number of carbonyl (C=O) groups is 1. The standard InChI is InChI=1S/C15H11N3O3S2/c1-21-15(20)9-6-23-7-11(9)17-14(22)12-16-10-5-3-2-4-8(10)13(19)18-12/h2-7H,1H3,(H,17,22)(H,16,18,19). The van der Waals surface area contributed by atoms with E-state index in [-0.39, 0.29) is 16.4 Å². The van der Waals surface area contributed by atoms with Crippen LogP contribution in [0.5, 0.6) is 0 Å². The number of anilines is 1. The molecule has 0 spiro atoms. The smallest absolute Gasteiger partial charge is 0.340 e. The monoisotopic (exact) mass is 345 g/mol. The predicted octanol–water partition coefficient (Wildman–Crippen LogP) is 2.56. The van der Waals surface area contributed by atoms with Gasteiger partial charge in [0.05, 0.1) is 29.3 Å². The summed E-state index contributed by atoms with van der Waals surface area (Å²) in [6, 6.07) is 6.99. The number of methoxy groups -OCH3 is 1. The summed E-state index contributed by atoms with van der Waals surface area (Å²) in [5, 5.41) is 6.81. The number of nitrogens with zero attached hydrogens (tertiary/aromatic N) is 1. The molecule has 0 amide bonds. The molecule has 0 saturated heterocycles. The van der Waals surface area contributed by atoms with Crippen LogP contribution in [0.15, 0.2) is 39.8 Å². The zero-order valence-corrected chi connectivity index (χ0v) is 13.6. The first-order valence-electron chi connectivity index (χ1n) is 6.55. The first-order valence-corrected chi connectivity index (χ1v) is 7.90. The van der Waals surface area contributed by atoms with E-state index >= 15 is 0 Å². The molecule has 0 aliphatic heterocycles. The number of thiocarbonyl (C=S) groups is 1. The Labute approximate surface area is 140 Å². The fourth-order valence-electron chi connectivity index (χ4n) is 2.04. The van der Waals surface area contributed by atoms with Gasteiger partial charge in [-0.3, -0.25) is 4.79 Å². The van der Waals surface area contributed by atoms with Gasteiger partial charge in [-0.1, -0.05) is 24.4 Å². The van der Waals surface area contributed by atoms with Crippen LogP contribution < -0.4 is 10.9 Å². The molecule has 0 radical (unpaired) electrons. The normalized spacial score (nSPS) is 10.5. The van der Waals surface area contributed by atoms with Crippen LogP contribution in [-0.2, 0) is 4.74 Å². The van der Waals surface area contributed by atoms with Gasteiger partial charge in [-0.2, -0.15) is 0 Å². The van der Waals surface area contributed by atoms with Crippen LogP contribution in [0.2, 0.25) is 0 Å². The second kappa shape index (κ2) is 6.27. The summed E-state index contributed by atoms with van der Waals surface area (Å²) in [5.74, 6) is -0.220. The summed E-state index contributed by atoms with van der Waals surface area (Å²) in [7, 11) is 1.31. The molecule has 0 fully saturated rings. The molecule has 2 heterocycles. The van der Waals surface area contributed by atoms with Crippen molar-refractivity contribution in [3.63, 3.8) is 0 Å². The number of ether oxygens (including phenoxy) is 1. The minimum Gasteiger partial charge on any atom is -0.465 e. The molecule has 3 aromatic rings. The van der Waals surface area contributed by atoms with Crippen LogP contribution in [0.1, 0.15) is 16.2 Å². The third-order valence-corrected chi connectivity index (χ3v) is 4.18. The van der Waals surface area contributed by atoms with Crippen LogP contribution in [0.25, 0.3) is 10.9 Å². The summed E-state index contributed by atoms with van der Waals surface area (Å²) in [4.78, 5) is 30.9. The van der Waals surface area contributed by atoms with Gasteiger partial charge in [0.2, 0.25) is 0 Å². The van der Waals surface area contributed by atoms with E-state index in [1.807, 2.05) is 0 Å². The minimum atomic E-state index is -0.462. The number of rotatable bonds is 3. The lowest BCUT2D eigenvalue weighted by molar-refractivity contribution is 0.0602. The van der Waals surface area contributed by atoms with Gasteiger partial charge in [0.1, 0.15) is 4.99 Å². The summed E-state index contributed by atoms with van der Waals surface area (Å²) >= 11 is 6.62. The van der Waals surface area contributed by atoms with E-state index in [0.29, 0.717) is 22.2 Å². The number of para-hydroxylation sites is 1. The molecule has 3 rings (SSSR count). The summed E-state index contributed by atoms with van der Waals surface area (Å²) in [6.45, 7) is 0. The number of thiophene rings is 1. The highest BCUT2D eigenvalue weighted by molar-refractivity contribution is 7.81. The number of carbonyl (C=O) groups excluding carboxylic acids is 1. The average molecular weight is 345 g/mol. The van der Waals surface area contributed by atoms with Crippen molar-refractivity contribution < 1.29 is 9.53 Å². The molecule has 0 atom stereocenters. The van der Waals surface area contributed by atoms with Crippen LogP contribution in [0, 0.1) is 0 Å². The molecular formula is C15H11N3O3S2. The molecule has 23 heavy (non-hydrogen) atoms. The molecule has 8 heteroatoms. The van der Waals surface area contributed by atoms with Gasteiger partial charge >= 0.3 is 5.97 Å². The van der Waals surface area contributed by atoms with Crippen molar-refractivity contribution in [3.8, 4) is 0 Å². The summed E-state index contributed by atoms with van der Waals surface area (Å²) < 4.78 is 4.71. The Balaban J connectivity index is 1.94. The van der Waals surface area contributed by atoms with Gasteiger partial charge < -0.3 is 15.0 Å². The first-order chi connectivity index (χ1) is 11.1. The topological polar surface area (TPSA) is 84.1 Å². The lowest BCUT2D eigenvalue weighted by Gasteiger charge is -2.08. The predicted molar refractivity (Wildman–Crippen MR) is 93.3 cm³/mol. The van der Waals surface area contributed by atoms with E-state index in [9.17, 15) is 9.59 Å². The maximum Gasteiger partial charge on any atom is 0.340 e. The number of benzene rings is 1. The van der Waals surface area contributed by atoms with Crippen molar-refractivity contribution in [1.29, 1.82) is 0 Å². The Morgan fingerprint density at radius 1 is 1.35 bits per heavy atom. The molecule has 1 aromatic carbocycles. The third kappa shape index (κ3) is 2.99. The van der Waals surface area contributed by atoms with Crippen LogP contribution >= 0.6 is 23.6 Å². The van der Waals surface area contributed by atoms with E-state index in [1.54, 1.807) is 35.0 Å². The zero-order valence-electron chi connectivity index (χ0n) is 12.0. The fraction of sp³-hybridized carbons (Fsp3) is 0.0667. The lowest BCUT2D eigenvalue weighted by Crippen LogP contribution is -2.21. The van der Waals surface area contributed by atoms with Crippen molar-refractivity contribution >= 4 is 51.1 Å². The minimum absolute atomic E-state index is 0.219. The SMILES string of the molecule is COC(=O)c1cscc1NC(=S)c1nc2ccccc2c(=O)[nH]1. The van der Waals surface area contributed by atoms with E-state index in [2.05, 4.69) is 15.3 Å². The Morgan fingerprint density at radius 3 is 2.91 bits per heavy atom. The molecule has 2 aromatic heterocycles. The molecule has 6 nitrogen and oxygen atoms in total. The molecule has 2 N–H and O–H groups in total. The molecule has 0 aliphatic rings. The van der Waals surface area contributed by atoms with E-state index in [1.165, 1.54) is 18.4 Å². The highest BCUT2D eigenvalue weighted by Crippen LogP contribution is 2.22. The highest BCUT2D eigenvalue weighted by atomic mass is 32.1. The van der Waals surface area contributed by atoms with Crippen molar-refractivity contribution in [1.82, 2.24) is 9.97 Å². The Hall–Kier alpha value is -2.58. The number of hydrogen-bond acceptors (Lipinski definition) is 6. The summed E-state index contributed by atoms with van der Waals surface area (Å²) in [5.41, 5.74) is 1.17. The number of esters is 1. The average Bonchev–Trinajstić information content (AvgIpc) is 3.02. The number of aromatic nitrogens is 2. The second-order valence-corrected chi connectivity index (χ2v) is 5.73. The number of aromatic amines is 1. The fourth-order valence-corrected chi connectivity index (χ4v) is 2.99. The van der Waals surface area contributed by atoms with E-state index in [4.69, 9.17) is 17.0 Å². The van der Waals surface area contributed by atoms with Crippen molar-refractivity contribution in [2.24, 2.45) is 0 Å². The second-order valence-electron chi connectivity index (χ2n) is 4.58. The number of nitrogens with one attached hydrogen (secondary N) is 2.